The van der Waals surface area contributed by atoms with E-state index < -0.39 is 0 Å². The summed E-state index contributed by atoms with van der Waals surface area (Å²) in [5, 5.41) is 6.30. The number of para-hydroxylation sites is 1. The molecule has 0 N–H and O–H groups in total. The molecule has 1 saturated heterocycles. The number of hydrogen-bond acceptors (Lipinski definition) is 5. The van der Waals surface area contributed by atoms with E-state index in [1.807, 2.05) is 16.7 Å². The van der Waals surface area contributed by atoms with Crippen LogP contribution in [0.2, 0.25) is 5.02 Å². The fourth-order valence-electron chi connectivity index (χ4n) is 3.82. The molecule has 136 valence electrons. The van der Waals surface area contributed by atoms with Crippen molar-refractivity contribution < 1.29 is 0 Å². The van der Waals surface area contributed by atoms with Crippen LogP contribution in [0.25, 0.3) is 10.2 Å². The van der Waals surface area contributed by atoms with Gasteiger partial charge in [0, 0.05) is 32.1 Å². The molecule has 26 heavy (non-hydrogen) atoms. The fourth-order valence-corrected chi connectivity index (χ4v) is 5.14. The zero-order chi connectivity index (χ0) is 17.8. The first-order valence-corrected chi connectivity index (χ1v) is 10.3. The van der Waals surface area contributed by atoms with Crippen LogP contribution in [0.4, 0.5) is 5.13 Å². The molecular weight excluding hydrogens is 370 g/mol. The first-order chi connectivity index (χ1) is 12.6. The molecule has 0 amide bonds. The summed E-state index contributed by atoms with van der Waals surface area (Å²) in [6.45, 7) is 1.86. The summed E-state index contributed by atoms with van der Waals surface area (Å²) in [5.41, 5.74) is 0.925. The number of nitrogens with zero attached hydrogens (tertiary/aromatic N) is 5. The van der Waals surface area contributed by atoms with E-state index in [-0.39, 0.29) is 5.69 Å². The van der Waals surface area contributed by atoms with Gasteiger partial charge >= 0.3 is 5.69 Å². The molecule has 6 nitrogen and oxygen atoms in total. The van der Waals surface area contributed by atoms with Crippen LogP contribution in [-0.4, -0.2) is 32.4 Å². The third-order valence-electron chi connectivity index (χ3n) is 5.38. The number of piperidine rings is 1. The molecule has 3 heterocycles. The van der Waals surface area contributed by atoms with Crippen molar-refractivity contribution in [1.82, 2.24) is 19.3 Å². The van der Waals surface area contributed by atoms with Crippen molar-refractivity contribution in [3.63, 3.8) is 0 Å². The van der Waals surface area contributed by atoms with Gasteiger partial charge in [0.2, 0.25) is 0 Å². The Balaban J connectivity index is 1.37. The van der Waals surface area contributed by atoms with Crippen molar-refractivity contribution in [1.29, 1.82) is 0 Å². The number of aryl methyl sites for hydroxylation is 1. The van der Waals surface area contributed by atoms with Gasteiger partial charge in [-0.2, -0.15) is 5.10 Å². The molecule has 8 heteroatoms. The highest BCUT2D eigenvalue weighted by atomic mass is 35.5. The van der Waals surface area contributed by atoms with Gasteiger partial charge in [-0.3, -0.25) is 4.57 Å². The van der Waals surface area contributed by atoms with Crippen LogP contribution in [0.15, 0.2) is 23.0 Å². The number of benzene rings is 1. The molecule has 0 spiro atoms. The molecule has 1 aromatic carbocycles. The monoisotopic (exact) mass is 389 g/mol. The van der Waals surface area contributed by atoms with Crippen molar-refractivity contribution in [2.75, 3.05) is 18.0 Å². The first kappa shape index (κ1) is 16.3. The van der Waals surface area contributed by atoms with Gasteiger partial charge in [-0.05, 0) is 37.8 Å². The van der Waals surface area contributed by atoms with Crippen LogP contribution in [0.3, 0.4) is 0 Å². The summed E-state index contributed by atoms with van der Waals surface area (Å²) in [4.78, 5) is 19.4. The number of rotatable bonds is 3. The molecule has 2 fully saturated rings. The van der Waals surface area contributed by atoms with Gasteiger partial charge in [0.1, 0.15) is 11.3 Å². The van der Waals surface area contributed by atoms with Crippen LogP contribution in [0.5, 0.6) is 0 Å². The molecule has 0 unspecified atom stereocenters. The Hall–Kier alpha value is -1.86. The van der Waals surface area contributed by atoms with Crippen molar-refractivity contribution in [3.8, 4) is 0 Å². The van der Waals surface area contributed by atoms with Gasteiger partial charge in [-0.15, -0.1) is 0 Å². The molecule has 0 atom stereocenters. The smallest absolute Gasteiger partial charge is 0.345 e. The van der Waals surface area contributed by atoms with E-state index in [1.54, 1.807) is 18.4 Å². The highest BCUT2D eigenvalue weighted by Gasteiger charge is 2.34. The molecule has 1 aliphatic heterocycles. The zero-order valence-corrected chi connectivity index (χ0v) is 16.1. The Kier molecular flexibility index (Phi) is 3.83. The molecule has 2 aromatic heterocycles. The molecule has 2 aliphatic rings. The predicted molar refractivity (Wildman–Crippen MR) is 105 cm³/mol. The minimum atomic E-state index is 0.0331. The predicted octanol–water partition coefficient (Wildman–Crippen LogP) is 3.56. The number of halogens is 1. The summed E-state index contributed by atoms with van der Waals surface area (Å²) >= 11 is 7.96. The Morgan fingerprint density at radius 2 is 1.96 bits per heavy atom. The fraction of sp³-hybridized carbons (Fsp3) is 0.500. The van der Waals surface area contributed by atoms with Gasteiger partial charge in [-0.25, -0.2) is 14.5 Å². The quantitative estimate of drug-likeness (QED) is 0.687. The Labute approximate surface area is 160 Å². The lowest BCUT2D eigenvalue weighted by Gasteiger charge is -2.31. The van der Waals surface area contributed by atoms with Gasteiger partial charge in [0.15, 0.2) is 5.13 Å². The second-order valence-electron chi connectivity index (χ2n) is 7.21. The van der Waals surface area contributed by atoms with Crippen LogP contribution in [0, 0.1) is 0 Å². The average Bonchev–Trinajstić information content (AvgIpc) is 3.30. The highest BCUT2D eigenvalue weighted by molar-refractivity contribution is 7.22. The number of fused-ring (bicyclic) bond motifs is 1. The highest BCUT2D eigenvalue weighted by Crippen LogP contribution is 2.39. The van der Waals surface area contributed by atoms with E-state index in [0.717, 1.165) is 59.9 Å². The van der Waals surface area contributed by atoms with E-state index in [4.69, 9.17) is 16.6 Å². The van der Waals surface area contributed by atoms with E-state index in [0.29, 0.717) is 17.0 Å². The van der Waals surface area contributed by atoms with Gasteiger partial charge in [0.05, 0.1) is 9.72 Å². The number of anilines is 1. The topological polar surface area (TPSA) is 56.0 Å². The van der Waals surface area contributed by atoms with E-state index in [1.165, 1.54) is 4.68 Å². The summed E-state index contributed by atoms with van der Waals surface area (Å²) in [6.07, 6.45) is 4.19. The lowest BCUT2D eigenvalue weighted by atomic mass is 9.96. The van der Waals surface area contributed by atoms with Gasteiger partial charge < -0.3 is 4.90 Å². The van der Waals surface area contributed by atoms with Crippen LogP contribution < -0.4 is 10.6 Å². The minimum absolute atomic E-state index is 0.0331. The Morgan fingerprint density at radius 1 is 1.19 bits per heavy atom. The lowest BCUT2D eigenvalue weighted by molar-refractivity contribution is 0.462. The maximum Gasteiger partial charge on any atom is 0.345 e. The normalized spacial score (nSPS) is 18.8. The molecule has 5 rings (SSSR count). The molecule has 1 aliphatic carbocycles. The first-order valence-electron chi connectivity index (χ1n) is 9.07. The summed E-state index contributed by atoms with van der Waals surface area (Å²) < 4.78 is 4.56. The van der Waals surface area contributed by atoms with E-state index >= 15 is 0 Å². The standard InChI is InChI=1S/C18H20ClN5OS/c1-22-18(25)24(12-5-6-12)16(21-22)11-7-9-23(10-8-11)17-20-15-13(19)3-2-4-14(15)26-17/h2-4,11-12H,5-10H2,1H3. The van der Waals surface area contributed by atoms with Gasteiger partial charge in [-0.1, -0.05) is 29.0 Å². The molecule has 3 aromatic rings. The van der Waals surface area contributed by atoms with E-state index in [2.05, 4.69) is 16.1 Å². The second-order valence-corrected chi connectivity index (χ2v) is 8.63. The van der Waals surface area contributed by atoms with Gasteiger partial charge in [0.25, 0.3) is 0 Å². The summed E-state index contributed by atoms with van der Waals surface area (Å²) in [5.74, 6) is 1.32. The van der Waals surface area contributed by atoms with Crippen LogP contribution in [0.1, 0.15) is 43.5 Å². The van der Waals surface area contributed by atoms with Crippen molar-refractivity contribution in [2.24, 2.45) is 7.05 Å². The van der Waals surface area contributed by atoms with Crippen molar-refractivity contribution in [2.45, 2.75) is 37.6 Å². The summed E-state index contributed by atoms with van der Waals surface area (Å²) in [6, 6.07) is 6.29. The third-order valence-corrected chi connectivity index (χ3v) is 6.77. The van der Waals surface area contributed by atoms with Crippen molar-refractivity contribution in [3.05, 3.63) is 39.5 Å². The minimum Gasteiger partial charge on any atom is -0.348 e. The third kappa shape index (κ3) is 2.65. The molecule has 0 bridgehead atoms. The Morgan fingerprint density at radius 3 is 2.65 bits per heavy atom. The number of thiazole rings is 1. The van der Waals surface area contributed by atoms with Crippen LogP contribution >= 0.6 is 22.9 Å². The maximum absolute atomic E-state index is 12.4. The van der Waals surface area contributed by atoms with Crippen LogP contribution in [-0.2, 0) is 7.05 Å². The van der Waals surface area contributed by atoms with E-state index in [9.17, 15) is 4.79 Å². The molecule has 0 radical (unpaired) electrons. The number of hydrogen-bond donors (Lipinski definition) is 0. The largest absolute Gasteiger partial charge is 0.348 e. The lowest BCUT2D eigenvalue weighted by Crippen LogP contribution is -2.34. The average molecular weight is 390 g/mol. The van der Waals surface area contributed by atoms with Crippen molar-refractivity contribution >= 4 is 38.3 Å². The second kappa shape index (κ2) is 6.09. The molecule has 1 saturated carbocycles. The maximum atomic E-state index is 12.4. The summed E-state index contributed by atoms with van der Waals surface area (Å²) in [7, 11) is 1.75. The molecular formula is C18H20ClN5OS. The Bertz CT molecular complexity index is 1030. The SMILES string of the molecule is Cn1nc(C2CCN(c3nc4c(Cl)cccc4s3)CC2)n(C2CC2)c1=O. The zero-order valence-electron chi connectivity index (χ0n) is 14.6. The number of aromatic nitrogens is 4.